The van der Waals surface area contributed by atoms with Crippen LogP contribution in [0.15, 0.2) is 64.3 Å². The van der Waals surface area contributed by atoms with Crippen molar-refractivity contribution in [2.75, 3.05) is 13.1 Å². The first kappa shape index (κ1) is 21.3. The predicted molar refractivity (Wildman–Crippen MR) is 117 cm³/mol. The van der Waals surface area contributed by atoms with Crippen molar-refractivity contribution < 1.29 is 13.2 Å². The number of alkyl halides is 3. The number of halogens is 3. The Morgan fingerprint density at radius 1 is 0.938 bits per heavy atom. The van der Waals surface area contributed by atoms with Gasteiger partial charge in [-0.05, 0) is 61.0 Å². The van der Waals surface area contributed by atoms with Gasteiger partial charge in [0.1, 0.15) is 5.82 Å². The number of benzene rings is 2. The number of hydrogen-bond acceptors (Lipinski definition) is 4. The molecule has 32 heavy (non-hydrogen) atoms. The Morgan fingerprint density at radius 3 is 2.28 bits per heavy atom. The molecule has 168 valence electrons. The zero-order valence-electron chi connectivity index (χ0n) is 17.3. The van der Waals surface area contributed by atoms with E-state index in [-0.39, 0.29) is 17.8 Å². The largest absolute Gasteiger partial charge is 0.416 e. The third-order valence-electron chi connectivity index (χ3n) is 6.23. The maximum atomic E-state index is 13.2. The molecule has 2 aliphatic heterocycles. The third kappa shape index (κ3) is 4.11. The van der Waals surface area contributed by atoms with Crippen LogP contribution in [0.1, 0.15) is 48.3 Å². The van der Waals surface area contributed by atoms with Crippen LogP contribution in [-0.2, 0) is 12.6 Å². The minimum atomic E-state index is -4.32. The van der Waals surface area contributed by atoms with Crippen molar-refractivity contribution in [2.24, 2.45) is 0 Å². The maximum absolute atomic E-state index is 13.2. The molecule has 0 radical (unpaired) electrons. The smallest absolute Gasteiger partial charge is 0.271 e. The molecule has 3 heterocycles. The minimum Gasteiger partial charge on any atom is -0.271 e. The number of rotatable bonds is 4. The van der Waals surface area contributed by atoms with Gasteiger partial charge in [0.2, 0.25) is 0 Å². The molecule has 1 fully saturated rings. The summed E-state index contributed by atoms with van der Waals surface area (Å²) in [5.41, 5.74) is 0.456. The van der Waals surface area contributed by atoms with Gasteiger partial charge in [-0.2, -0.15) is 18.3 Å². The number of fused-ring (bicyclic) bond motifs is 1. The van der Waals surface area contributed by atoms with Crippen LogP contribution in [0.2, 0.25) is 0 Å². The lowest BCUT2D eigenvalue weighted by Crippen LogP contribution is -2.36. The first-order valence-electron chi connectivity index (χ1n) is 10.8. The van der Waals surface area contributed by atoms with Gasteiger partial charge in [-0.25, -0.2) is 13.8 Å². The van der Waals surface area contributed by atoms with E-state index in [1.807, 2.05) is 22.8 Å². The van der Waals surface area contributed by atoms with Crippen LogP contribution in [0.3, 0.4) is 0 Å². The lowest BCUT2D eigenvalue weighted by molar-refractivity contribution is -0.137. The number of aryl methyl sites for hydroxylation is 1. The monoisotopic (exact) mass is 460 g/mol. The standard InChI is InChI=1S/C23H23F3N4OS/c24-23(25,26)17-6-8-19(9-7-17)32-28-14-12-18(13-15-28)30-22(31)29-20(10-11-21(29)27-30)16-4-2-1-3-5-16/h1-9,18,20H,10-15H2. The summed E-state index contributed by atoms with van der Waals surface area (Å²) in [4.78, 5) is 14.0. The summed E-state index contributed by atoms with van der Waals surface area (Å²) >= 11 is 1.46. The van der Waals surface area contributed by atoms with Crippen molar-refractivity contribution in [2.45, 2.75) is 48.8 Å². The first-order chi connectivity index (χ1) is 15.4. The Labute approximate surface area is 188 Å². The van der Waals surface area contributed by atoms with E-state index in [0.29, 0.717) is 0 Å². The minimum absolute atomic E-state index is 0.0415. The van der Waals surface area contributed by atoms with Crippen molar-refractivity contribution >= 4 is 11.9 Å². The predicted octanol–water partition coefficient (Wildman–Crippen LogP) is 4.94. The van der Waals surface area contributed by atoms with Crippen LogP contribution in [0.25, 0.3) is 0 Å². The molecule has 0 saturated carbocycles. The van der Waals surface area contributed by atoms with Gasteiger partial charge in [0.15, 0.2) is 0 Å². The van der Waals surface area contributed by atoms with Gasteiger partial charge in [-0.15, -0.1) is 0 Å². The van der Waals surface area contributed by atoms with Gasteiger partial charge in [0.05, 0.1) is 17.6 Å². The zero-order chi connectivity index (χ0) is 22.3. The van der Waals surface area contributed by atoms with E-state index in [9.17, 15) is 18.0 Å². The summed E-state index contributed by atoms with van der Waals surface area (Å²) in [7, 11) is 0. The lowest BCUT2D eigenvalue weighted by atomic mass is 10.1. The van der Waals surface area contributed by atoms with Crippen LogP contribution in [-0.4, -0.2) is 31.7 Å². The molecule has 9 heteroatoms. The van der Waals surface area contributed by atoms with Crippen LogP contribution >= 0.6 is 11.9 Å². The molecule has 1 saturated heterocycles. The number of aromatic nitrogens is 3. The molecule has 3 aromatic rings. The molecule has 1 unspecified atom stereocenters. The average molecular weight is 461 g/mol. The van der Waals surface area contributed by atoms with Crippen molar-refractivity contribution in [3.8, 4) is 0 Å². The van der Waals surface area contributed by atoms with Gasteiger partial charge in [-0.3, -0.25) is 4.57 Å². The summed E-state index contributed by atoms with van der Waals surface area (Å²) in [5.74, 6) is 0.852. The van der Waals surface area contributed by atoms with Crippen molar-refractivity contribution in [3.05, 3.63) is 82.0 Å². The lowest BCUT2D eigenvalue weighted by Gasteiger charge is -2.30. The number of piperidine rings is 1. The zero-order valence-corrected chi connectivity index (χ0v) is 18.1. The molecule has 2 aromatic carbocycles. The van der Waals surface area contributed by atoms with E-state index in [2.05, 4.69) is 21.5 Å². The van der Waals surface area contributed by atoms with Gasteiger partial charge >= 0.3 is 11.9 Å². The van der Waals surface area contributed by atoms with Crippen LogP contribution in [0.4, 0.5) is 13.2 Å². The summed E-state index contributed by atoms with van der Waals surface area (Å²) < 4.78 is 43.9. The molecule has 0 aliphatic carbocycles. The van der Waals surface area contributed by atoms with E-state index in [1.54, 1.807) is 4.68 Å². The summed E-state index contributed by atoms with van der Waals surface area (Å²) in [5, 5.41) is 4.67. The number of hydrogen-bond donors (Lipinski definition) is 0. The summed E-state index contributed by atoms with van der Waals surface area (Å²) in [6.07, 6.45) is -1.08. The molecule has 0 N–H and O–H groups in total. The van der Waals surface area contributed by atoms with Crippen molar-refractivity contribution in [1.29, 1.82) is 0 Å². The van der Waals surface area contributed by atoms with Crippen LogP contribution < -0.4 is 5.69 Å². The summed E-state index contributed by atoms with van der Waals surface area (Å²) in [6.45, 7) is 1.49. The second kappa shape index (κ2) is 8.44. The average Bonchev–Trinajstić information content (AvgIpc) is 3.35. The fourth-order valence-electron chi connectivity index (χ4n) is 4.58. The first-order valence-corrected chi connectivity index (χ1v) is 11.5. The molecule has 5 nitrogen and oxygen atoms in total. The highest BCUT2D eigenvalue weighted by Gasteiger charge is 2.32. The molecule has 1 aromatic heterocycles. The Balaban J connectivity index is 1.24. The Bertz CT molecular complexity index is 1130. The highest BCUT2D eigenvalue weighted by molar-refractivity contribution is 7.97. The molecular weight excluding hydrogens is 437 g/mol. The molecule has 1 atom stereocenters. The highest BCUT2D eigenvalue weighted by atomic mass is 32.2. The van der Waals surface area contributed by atoms with Gasteiger partial charge < -0.3 is 0 Å². The van der Waals surface area contributed by atoms with E-state index in [1.165, 1.54) is 24.1 Å². The third-order valence-corrected chi connectivity index (χ3v) is 7.33. The second-order valence-corrected chi connectivity index (χ2v) is 9.42. The van der Waals surface area contributed by atoms with E-state index < -0.39 is 11.7 Å². The van der Waals surface area contributed by atoms with Crippen molar-refractivity contribution in [3.63, 3.8) is 0 Å². The van der Waals surface area contributed by atoms with E-state index in [0.717, 1.165) is 67.2 Å². The fraction of sp³-hybridized carbons (Fsp3) is 0.391. The molecular formula is C23H23F3N4OS. The topological polar surface area (TPSA) is 43.1 Å². The molecule has 2 aliphatic rings. The van der Waals surface area contributed by atoms with Crippen LogP contribution in [0.5, 0.6) is 0 Å². The number of nitrogens with zero attached hydrogens (tertiary/aromatic N) is 4. The quantitative estimate of drug-likeness (QED) is 0.517. The molecule has 0 spiro atoms. The second-order valence-electron chi connectivity index (χ2n) is 8.25. The molecule has 0 amide bonds. The molecule has 0 bridgehead atoms. The van der Waals surface area contributed by atoms with Gasteiger partial charge in [-0.1, -0.05) is 30.3 Å². The normalized spacial score (nSPS) is 19.9. The van der Waals surface area contributed by atoms with E-state index in [4.69, 9.17) is 0 Å². The van der Waals surface area contributed by atoms with Crippen LogP contribution in [0, 0.1) is 0 Å². The molecule has 5 rings (SSSR count). The van der Waals surface area contributed by atoms with Gasteiger partial charge in [0.25, 0.3) is 0 Å². The van der Waals surface area contributed by atoms with Gasteiger partial charge in [0, 0.05) is 24.4 Å². The van der Waals surface area contributed by atoms with Crippen molar-refractivity contribution in [1.82, 2.24) is 18.7 Å². The maximum Gasteiger partial charge on any atom is 0.416 e. The summed E-state index contributed by atoms with van der Waals surface area (Å²) in [6, 6.07) is 15.4. The van der Waals surface area contributed by atoms with E-state index >= 15 is 0 Å². The Morgan fingerprint density at radius 2 is 1.62 bits per heavy atom. The Kier molecular flexibility index (Phi) is 5.63. The SMILES string of the molecule is O=c1n(C2CCN(Sc3ccc(C(F)(F)F)cc3)CC2)nc2n1C(c1ccccc1)CC2. The fourth-order valence-corrected chi connectivity index (χ4v) is 5.52. The highest BCUT2D eigenvalue weighted by Crippen LogP contribution is 2.34. The Hall–Kier alpha value is -2.52.